The summed E-state index contributed by atoms with van der Waals surface area (Å²) in [6.45, 7) is 9.10. The minimum absolute atomic E-state index is 0.0131. The lowest BCUT2D eigenvalue weighted by Crippen LogP contribution is -2.37. The average molecular weight is 290 g/mol. The van der Waals surface area contributed by atoms with E-state index in [1.807, 2.05) is 0 Å². The van der Waals surface area contributed by atoms with E-state index in [2.05, 4.69) is 44.9 Å². The number of nitrogens with two attached hydrogens (primary N) is 1. The lowest BCUT2D eigenvalue weighted by molar-refractivity contribution is 0.0924. The predicted molar refractivity (Wildman–Crippen MR) is 83.3 cm³/mol. The first-order valence-corrected chi connectivity index (χ1v) is 7.04. The summed E-state index contributed by atoms with van der Waals surface area (Å²) < 4.78 is 13.8. The van der Waals surface area contributed by atoms with Crippen molar-refractivity contribution in [3.63, 3.8) is 0 Å². The van der Waals surface area contributed by atoms with Gasteiger partial charge in [-0.3, -0.25) is 4.79 Å². The van der Waals surface area contributed by atoms with Crippen molar-refractivity contribution in [3.8, 4) is 11.8 Å². The van der Waals surface area contributed by atoms with Crippen LogP contribution >= 0.6 is 0 Å². The van der Waals surface area contributed by atoms with Crippen molar-refractivity contribution in [2.45, 2.75) is 27.7 Å². The monoisotopic (exact) mass is 290 g/mol. The lowest BCUT2D eigenvalue weighted by Gasteiger charge is -2.29. The molecule has 1 aromatic rings. The van der Waals surface area contributed by atoms with Crippen LogP contribution in [0.1, 0.15) is 43.6 Å². The van der Waals surface area contributed by atoms with Gasteiger partial charge >= 0.3 is 0 Å². The largest absolute Gasteiger partial charge is 0.351 e. The molecule has 3 nitrogen and oxygen atoms in total. The van der Waals surface area contributed by atoms with Crippen molar-refractivity contribution in [2.24, 2.45) is 17.1 Å². The molecule has 21 heavy (non-hydrogen) atoms. The molecule has 0 aliphatic heterocycles. The molecule has 0 aliphatic rings. The maximum atomic E-state index is 13.8. The van der Waals surface area contributed by atoms with Gasteiger partial charge in [0.15, 0.2) is 0 Å². The summed E-state index contributed by atoms with van der Waals surface area (Å²) >= 11 is 0. The fraction of sp³-hybridized carbons (Fsp3) is 0.471. The van der Waals surface area contributed by atoms with Gasteiger partial charge in [-0.1, -0.05) is 39.5 Å². The normalized spacial score (nSPS) is 11.0. The van der Waals surface area contributed by atoms with Crippen molar-refractivity contribution in [2.75, 3.05) is 13.1 Å². The standard InChI is InChI=1S/C17H23FN2O/c1-12(2)17(3,4)11-20-16(21)14-8-7-13(6-5-9-19)15(18)10-14/h7-8,10,12H,9,11,19H2,1-4H3,(H,20,21). The van der Waals surface area contributed by atoms with E-state index >= 15 is 0 Å². The number of benzene rings is 1. The highest BCUT2D eigenvalue weighted by molar-refractivity contribution is 5.94. The summed E-state index contributed by atoms with van der Waals surface area (Å²) in [5.41, 5.74) is 5.78. The third-order valence-electron chi connectivity index (χ3n) is 3.82. The van der Waals surface area contributed by atoms with Gasteiger partial charge in [0.05, 0.1) is 12.1 Å². The van der Waals surface area contributed by atoms with Gasteiger partial charge in [-0.05, 0) is 29.5 Å². The van der Waals surface area contributed by atoms with Gasteiger partial charge in [0, 0.05) is 12.1 Å². The number of amides is 1. The van der Waals surface area contributed by atoms with Crippen molar-refractivity contribution >= 4 is 5.91 Å². The smallest absolute Gasteiger partial charge is 0.251 e. The molecule has 0 saturated carbocycles. The van der Waals surface area contributed by atoms with Crippen LogP contribution in [0.5, 0.6) is 0 Å². The number of carbonyl (C=O) groups excluding carboxylic acids is 1. The number of carbonyl (C=O) groups is 1. The van der Waals surface area contributed by atoms with Crippen molar-refractivity contribution in [3.05, 3.63) is 35.1 Å². The Bertz CT molecular complexity index is 568. The molecule has 3 N–H and O–H groups in total. The molecule has 114 valence electrons. The average Bonchev–Trinajstić information content (AvgIpc) is 2.43. The summed E-state index contributed by atoms with van der Waals surface area (Å²) in [5.74, 6) is 4.87. The molecule has 0 heterocycles. The summed E-state index contributed by atoms with van der Waals surface area (Å²) in [6, 6.07) is 4.28. The second kappa shape index (κ2) is 7.24. The van der Waals surface area contributed by atoms with Crippen LogP contribution in [0.25, 0.3) is 0 Å². The van der Waals surface area contributed by atoms with E-state index in [1.165, 1.54) is 12.1 Å². The van der Waals surface area contributed by atoms with E-state index in [4.69, 9.17) is 5.73 Å². The first-order chi connectivity index (χ1) is 9.77. The van der Waals surface area contributed by atoms with Crippen molar-refractivity contribution in [1.82, 2.24) is 5.32 Å². The maximum absolute atomic E-state index is 13.8. The first-order valence-electron chi connectivity index (χ1n) is 7.04. The third kappa shape index (κ3) is 4.87. The van der Waals surface area contributed by atoms with E-state index in [-0.39, 0.29) is 23.4 Å². The summed E-state index contributed by atoms with van der Waals surface area (Å²) in [4.78, 5) is 12.1. The van der Waals surface area contributed by atoms with Crippen LogP contribution in [0, 0.1) is 29.0 Å². The summed E-state index contributed by atoms with van der Waals surface area (Å²) in [7, 11) is 0. The number of hydrogen-bond acceptors (Lipinski definition) is 2. The highest BCUT2D eigenvalue weighted by Crippen LogP contribution is 2.24. The molecular weight excluding hydrogens is 267 g/mol. The van der Waals surface area contributed by atoms with E-state index in [1.54, 1.807) is 6.07 Å². The molecule has 0 bridgehead atoms. The van der Waals surface area contributed by atoms with Crippen molar-refractivity contribution < 1.29 is 9.18 Å². The Kier molecular flexibility index (Phi) is 5.92. The van der Waals surface area contributed by atoms with Gasteiger partial charge in [0.1, 0.15) is 5.82 Å². The highest BCUT2D eigenvalue weighted by Gasteiger charge is 2.23. The highest BCUT2D eigenvalue weighted by atomic mass is 19.1. The summed E-state index contributed by atoms with van der Waals surface area (Å²) in [6.07, 6.45) is 0. The maximum Gasteiger partial charge on any atom is 0.251 e. The molecule has 1 aromatic carbocycles. The van der Waals surface area contributed by atoms with Gasteiger partial charge < -0.3 is 11.1 Å². The second-order valence-electron chi connectivity index (χ2n) is 6.03. The molecular formula is C17H23FN2O. The lowest BCUT2D eigenvalue weighted by atomic mass is 9.81. The number of rotatable bonds is 4. The zero-order valence-electron chi connectivity index (χ0n) is 13.1. The molecule has 0 radical (unpaired) electrons. The number of halogens is 1. The first kappa shape index (κ1) is 17.2. The molecule has 4 heteroatoms. The van der Waals surface area contributed by atoms with Crippen LogP contribution in [0.2, 0.25) is 0 Å². The van der Waals surface area contributed by atoms with Gasteiger partial charge in [-0.25, -0.2) is 4.39 Å². The third-order valence-corrected chi connectivity index (χ3v) is 3.82. The minimum Gasteiger partial charge on any atom is -0.351 e. The molecule has 0 atom stereocenters. The Hall–Kier alpha value is -1.86. The van der Waals surface area contributed by atoms with Gasteiger partial charge in [0.2, 0.25) is 0 Å². The van der Waals surface area contributed by atoms with Crippen LogP contribution in [0.15, 0.2) is 18.2 Å². The van der Waals surface area contributed by atoms with Crippen LogP contribution < -0.4 is 11.1 Å². The number of hydrogen-bond donors (Lipinski definition) is 2. The fourth-order valence-corrected chi connectivity index (χ4v) is 1.52. The fourth-order valence-electron chi connectivity index (χ4n) is 1.52. The molecule has 0 unspecified atom stereocenters. The minimum atomic E-state index is -0.508. The van der Waals surface area contributed by atoms with E-state index < -0.39 is 5.82 Å². The van der Waals surface area contributed by atoms with Crippen molar-refractivity contribution in [1.29, 1.82) is 0 Å². The quantitative estimate of drug-likeness (QED) is 0.837. The van der Waals surface area contributed by atoms with E-state index in [0.29, 0.717) is 18.0 Å². The van der Waals surface area contributed by atoms with Gasteiger partial charge in [-0.2, -0.15) is 0 Å². The Morgan fingerprint density at radius 1 is 1.43 bits per heavy atom. The number of nitrogens with one attached hydrogen (secondary N) is 1. The molecule has 1 rings (SSSR count). The Morgan fingerprint density at radius 3 is 2.62 bits per heavy atom. The zero-order chi connectivity index (χ0) is 16.0. The molecule has 0 fully saturated rings. The van der Waals surface area contributed by atoms with Gasteiger partial charge in [-0.15, -0.1) is 0 Å². The Labute approximate surface area is 126 Å². The van der Waals surface area contributed by atoms with E-state index in [0.717, 1.165) is 0 Å². The molecule has 1 amide bonds. The van der Waals surface area contributed by atoms with Crippen LogP contribution in [0.4, 0.5) is 4.39 Å². The second-order valence-corrected chi connectivity index (χ2v) is 6.03. The zero-order valence-corrected chi connectivity index (χ0v) is 13.1. The SMILES string of the molecule is CC(C)C(C)(C)CNC(=O)c1ccc(C#CCN)c(F)c1. The molecule has 0 saturated heterocycles. The van der Waals surface area contributed by atoms with Crippen LogP contribution in [-0.2, 0) is 0 Å². The predicted octanol–water partition coefficient (Wildman–Crippen LogP) is 2.55. The Balaban J connectivity index is 2.78. The van der Waals surface area contributed by atoms with Crippen LogP contribution in [0.3, 0.4) is 0 Å². The van der Waals surface area contributed by atoms with E-state index in [9.17, 15) is 9.18 Å². The van der Waals surface area contributed by atoms with Crippen LogP contribution in [-0.4, -0.2) is 19.0 Å². The topological polar surface area (TPSA) is 55.1 Å². The van der Waals surface area contributed by atoms with Gasteiger partial charge in [0.25, 0.3) is 5.91 Å². The molecule has 0 spiro atoms. The summed E-state index contributed by atoms with van der Waals surface area (Å²) in [5, 5.41) is 2.85. The Morgan fingerprint density at radius 2 is 2.10 bits per heavy atom. The molecule has 0 aromatic heterocycles. The molecule has 0 aliphatic carbocycles.